The Kier molecular flexibility index (Phi) is 5.97. The van der Waals surface area contributed by atoms with Gasteiger partial charge in [-0.3, -0.25) is 4.79 Å². The average Bonchev–Trinajstić information content (AvgIpc) is 2.77. The molecule has 0 radical (unpaired) electrons. The van der Waals surface area contributed by atoms with E-state index in [1.165, 1.54) is 4.31 Å². The quantitative estimate of drug-likeness (QED) is 0.788. The SMILES string of the molecule is Cc1ccc(S(=O)(=O)N2CCC(C(=O)NCc3ccc4c(c3)OCCO4)CC2)cc1. The van der Waals surface area contributed by atoms with Gasteiger partial charge in [0.05, 0.1) is 4.90 Å². The van der Waals surface area contributed by atoms with E-state index in [1.807, 2.05) is 25.1 Å². The van der Waals surface area contributed by atoms with Gasteiger partial charge in [-0.1, -0.05) is 23.8 Å². The summed E-state index contributed by atoms with van der Waals surface area (Å²) in [6, 6.07) is 12.5. The Labute approximate surface area is 177 Å². The van der Waals surface area contributed by atoms with Gasteiger partial charge >= 0.3 is 0 Å². The first-order valence-electron chi connectivity index (χ1n) is 10.2. The van der Waals surface area contributed by atoms with Crippen LogP contribution in [0.1, 0.15) is 24.0 Å². The molecule has 1 saturated heterocycles. The molecule has 1 fully saturated rings. The molecule has 0 saturated carbocycles. The summed E-state index contributed by atoms with van der Waals surface area (Å²) in [6.45, 7) is 4.08. The lowest BCUT2D eigenvalue weighted by Crippen LogP contribution is -2.42. The van der Waals surface area contributed by atoms with Crippen LogP contribution < -0.4 is 14.8 Å². The largest absolute Gasteiger partial charge is 0.486 e. The lowest BCUT2D eigenvalue weighted by atomic mass is 9.97. The van der Waals surface area contributed by atoms with Crippen molar-refractivity contribution in [2.24, 2.45) is 5.92 Å². The highest BCUT2D eigenvalue weighted by atomic mass is 32.2. The van der Waals surface area contributed by atoms with Crippen molar-refractivity contribution in [2.45, 2.75) is 31.2 Å². The van der Waals surface area contributed by atoms with Crippen molar-refractivity contribution in [3.8, 4) is 11.5 Å². The van der Waals surface area contributed by atoms with Gasteiger partial charge in [0.25, 0.3) is 0 Å². The van der Waals surface area contributed by atoms with Gasteiger partial charge in [0.15, 0.2) is 11.5 Å². The summed E-state index contributed by atoms with van der Waals surface area (Å²) in [5.74, 6) is 1.19. The molecule has 30 heavy (non-hydrogen) atoms. The monoisotopic (exact) mass is 430 g/mol. The molecule has 0 unspecified atom stereocenters. The van der Waals surface area contributed by atoms with E-state index < -0.39 is 10.0 Å². The highest BCUT2D eigenvalue weighted by molar-refractivity contribution is 7.89. The predicted octanol–water partition coefficient (Wildman–Crippen LogP) is 2.48. The third-order valence-electron chi connectivity index (χ3n) is 5.56. The number of fused-ring (bicyclic) bond motifs is 1. The number of nitrogens with one attached hydrogen (secondary N) is 1. The van der Waals surface area contributed by atoms with Gasteiger partial charge in [-0.05, 0) is 49.6 Å². The minimum absolute atomic E-state index is 0.0442. The summed E-state index contributed by atoms with van der Waals surface area (Å²) in [7, 11) is -3.52. The van der Waals surface area contributed by atoms with Crippen LogP contribution in [0.2, 0.25) is 0 Å². The zero-order chi connectivity index (χ0) is 21.1. The molecular weight excluding hydrogens is 404 g/mol. The van der Waals surface area contributed by atoms with Crippen LogP contribution in [0.15, 0.2) is 47.4 Å². The van der Waals surface area contributed by atoms with Gasteiger partial charge in [0.2, 0.25) is 15.9 Å². The third kappa shape index (κ3) is 4.44. The van der Waals surface area contributed by atoms with E-state index in [1.54, 1.807) is 24.3 Å². The van der Waals surface area contributed by atoms with E-state index in [-0.39, 0.29) is 11.8 Å². The van der Waals surface area contributed by atoms with E-state index in [4.69, 9.17) is 9.47 Å². The van der Waals surface area contributed by atoms with Crippen LogP contribution in [0.25, 0.3) is 0 Å². The van der Waals surface area contributed by atoms with Crippen LogP contribution >= 0.6 is 0 Å². The molecule has 2 aliphatic rings. The minimum atomic E-state index is -3.52. The van der Waals surface area contributed by atoms with Gasteiger partial charge in [-0.2, -0.15) is 4.31 Å². The zero-order valence-corrected chi connectivity index (χ0v) is 17.8. The number of rotatable bonds is 5. The molecule has 4 rings (SSSR count). The Hall–Kier alpha value is -2.58. The van der Waals surface area contributed by atoms with Crippen LogP contribution in [-0.2, 0) is 21.4 Å². The van der Waals surface area contributed by atoms with Crippen LogP contribution in [0, 0.1) is 12.8 Å². The first-order chi connectivity index (χ1) is 14.4. The molecule has 160 valence electrons. The second-order valence-electron chi connectivity index (χ2n) is 7.69. The molecule has 0 aliphatic carbocycles. The summed E-state index contributed by atoms with van der Waals surface area (Å²) in [6.07, 6.45) is 1.02. The number of carbonyl (C=O) groups is 1. The fraction of sp³-hybridized carbons (Fsp3) is 0.409. The second-order valence-corrected chi connectivity index (χ2v) is 9.63. The number of nitrogens with zero attached hydrogens (tertiary/aromatic N) is 1. The number of ether oxygens (including phenoxy) is 2. The van der Waals surface area contributed by atoms with E-state index in [0.29, 0.717) is 56.3 Å². The molecule has 2 aliphatic heterocycles. The number of piperidine rings is 1. The molecule has 8 heteroatoms. The topological polar surface area (TPSA) is 84.9 Å². The molecule has 2 aromatic carbocycles. The fourth-order valence-electron chi connectivity index (χ4n) is 3.75. The maximum atomic E-state index is 12.8. The summed E-state index contributed by atoms with van der Waals surface area (Å²) < 4.78 is 38.2. The Morgan fingerprint density at radius 2 is 1.70 bits per heavy atom. The third-order valence-corrected chi connectivity index (χ3v) is 7.47. The predicted molar refractivity (Wildman–Crippen MR) is 112 cm³/mol. The molecule has 1 amide bonds. The van der Waals surface area contributed by atoms with E-state index in [9.17, 15) is 13.2 Å². The maximum absolute atomic E-state index is 12.8. The molecule has 0 spiro atoms. The Morgan fingerprint density at radius 1 is 1.03 bits per heavy atom. The fourth-order valence-corrected chi connectivity index (χ4v) is 5.22. The van der Waals surface area contributed by atoms with Gasteiger partial charge in [-0.15, -0.1) is 0 Å². The van der Waals surface area contributed by atoms with Crippen LogP contribution in [-0.4, -0.2) is 44.9 Å². The first kappa shape index (κ1) is 20.7. The van der Waals surface area contributed by atoms with Crippen molar-refractivity contribution >= 4 is 15.9 Å². The minimum Gasteiger partial charge on any atom is -0.486 e. The molecule has 0 atom stereocenters. The van der Waals surface area contributed by atoms with Gasteiger partial charge in [0, 0.05) is 25.6 Å². The van der Waals surface area contributed by atoms with Crippen molar-refractivity contribution in [3.05, 3.63) is 53.6 Å². The molecule has 1 N–H and O–H groups in total. The zero-order valence-electron chi connectivity index (χ0n) is 17.0. The van der Waals surface area contributed by atoms with Crippen molar-refractivity contribution in [1.29, 1.82) is 0 Å². The highest BCUT2D eigenvalue weighted by Gasteiger charge is 2.32. The Balaban J connectivity index is 1.30. The van der Waals surface area contributed by atoms with Gasteiger partial charge in [-0.25, -0.2) is 8.42 Å². The van der Waals surface area contributed by atoms with Crippen molar-refractivity contribution in [3.63, 3.8) is 0 Å². The number of carbonyl (C=O) groups excluding carboxylic acids is 1. The number of hydrogen-bond acceptors (Lipinski definition) is 5. The molecule has 2 aromatic rings. The smallest absolute Gasteiger partial charge is 0.243 e. The Morgan fingerprint density at radius 3 is 2.40 bits per heavy atom. The first-order valence-corrected chi connectivity index (χ1v) is 11.6. The summed E-state index contributed by atoms with van der Waals surface area (Å²) in [5.41, 5.74) is 1.95. The van der Waals surface area contributed by atoms with Crippen molar-refractivity contribution < 1.29 is 22.7 Å². The highest BCUT2D eigenvalue weighted by Crippen LogP contribution is 2.31. The van der Waals surface area contributed by atoms with Gasteiger partial charge < -0.3 is 14.8 Å². The lowest BCUT2D eigenvalue weighted by molar-refractivity contribution is -0.126. The normalized spacial score (nSPS) is 17.5. The van der Waals surface area contributed by atoms with Crippen molar-refractivity contribution in [2.75, 3.05) is 26.3 Å². The van der Waals surface area contributed by atoms with Crippen LogP contribution in [0.3, 0.4) is 0 Å². The van der Waals surface area contributed by atoms with E-state index >= 15 is 0 Å². The molecule has 0 aromatic heterocycles. The van der Waals surface area contributed by atoms with Crippen molar-refractivity contribution in [1.82, 2.24) is 9.62 Å². The second kappa shape index (κ2) is 8.65. The number of aryl methyl sites for hydroxylation is 1. The molecule has 0 bridgehead atoms. The maximum Gasteiger partial charge on any atom is 0.243 e. The molecular formula is C22H26N2O5S. The lowest BCUT2D eigenvalue weighted by Gasteiger charge is -2.30. The van der Waals surface area contributed by atoms with Crippen LogP contribution in [0.4, 0.5) is 0 Å². The van der Waals surface area contributed by atoms with E-state index in [0.717, 1.165) is 16.9 Å². The van der Waals surface area contributed by atoms with E-state index in [2.05, 4.69) is 5.32 Å². The summed E-state index contributed by atoms with van der Waals surface area (Å²) >= 11 is 0. The van der Waals surface area contributed by atoms with Gasteiger partial charge in [0.1, 0.15) is 13.2 Å². The standard InChI is InChI=1S/C22H26N2O5S/c1-16-2-5-19(6-3-16)30(26,27)24-10-8-18(9-11-24)22(25)23-15-17-4-7-20-21(14-17)29-13-12-28-20/h2-7,14,18H,8-13,15H2,1H3,(H,23,25). The number of sulfonamides is 1. The number of amides is 1. The Bertz CT molecular complexity index is 1010. The van der Waals surface area contributed by atoms with Crippen LogP contribution in [0.5, 0.6) is 11.5 Å². The average molecular weight is 431 g/mol. The summed E-state index contributed by atoms with van der Waals surface area (Å²) in [5, 5.41) is 2.96. The summed E-state index contributed by atoms with van der Waals surface area (Å²) in [4.78, 5) is 12.9. The molecule has 7 nitrogen and oxygen atoms in total. The molecule has 2 heterocycles. The number of hydrogen-bond donors (Lipinski definition) is 1. The number of benzene rings is 2.